The molecule has 0 bridgehead atoms. The van der Waals surface area contributed by atoms with Gasteiger partial charge in [0.15, 0.2) is 0 Å². The number of carbonyl (C=O) groups is 1. The van der Waals surface area contributed by atoms with Crippen LogP contribution in [-0.2, 0) is 11.2 Å². The summed E-state index contributed by atoms with van der Waals surface area (Å²) >= 11 is 0. The van der Waals surface area contributed by atoms with Crippen molar-refractivity contribution >= 4 is 24.0 Å². The van der Waals surface area contributed by atoms with E-state index in [2.05, 4.69) is 19.2 Å². The average molecular weight is 313 g/mol. The highest BCUT2D eigenvalue weighted by Gasteiger charge is 2.02. The molecule has 0 aliphatic rings. The number of hydrogen-bond donors (Lipinski definition) is 2. The Morgan fingerprint density at radius 2 is 1.71 bits per heavy atom. The quantitative estimate of drug-likeness (QED) is 0.536. The third kappa shape index (κ3) is 10.2. The lowest BCUT2D eigenvalue weighted by atomic mass is 10.0. The second kappa shape index (κ2) is 11.4. The predicted molar refractivity (Wildman–Crippen MR) is 92.7 cm³/mol. The van der Waals surface area contributed by atoms with Gasteiger partial charge in [-0.25, -0.2) is 0 Å². The summed E-state index contributed by atoms with van der Waals surface area (Å²) in [5.74, 6) is 0.895. The highest BCUT2D eigenvalue weighted by Crippen LogP contribution is 2.09. The van der Waals surface area contributed by atoms with Gasteiger partial charge < -0.3 is 11.1 Å². The topological polar surface area (TPSA) is 55.1 Å². The lowest BCUT2D eigenvalue weighted by Crippen LogP contribution is -2.26. The van der Waals surface area contributed by atoms with Gasteiger partial charge >= 0.3 is 0 Å². The van der Waals surface area contributed by atoms with Crippen molar-refractivity contribution in [2.45, 2.75) is 52.4 Å². The lowest BCUT2D eigenvalue weighted by molar-refractivity contribution is -0.120. The van der Waals surface area contributed by atoms with E-state index < -0.39 is 0 Å². The maximum Gasteiger partial charge on any atom is 0.224 e. The third-order valence-electron chi connectivity index (χ3n) is 3.37. The third-order valence-corrected chi connectivity index (χ3v) is 3.37. The molecule has 0 unspecified atom stereocenters. The fourth-order valence-electron chi connectivity index (χ4n) is 2.14. The monoisotopic (exact) mass is 312 g/mol. The van der Waals surface area contributed by atoms with Crippen LogP contribution in [-0.4, -0.2) is 12.5 Å². The van der Waals surface area contributed by atoms with Crippen molar-refractivity contribution < 1.29 is 4.79 Å². The first-order valence-electron chi connectivity index (χ1n) is 7.69. The summed E-state index contributed by atoms with van der Waals surface area (Å²) in [5, 5.41) is 2.98. The first-order chi connectivity index (χ1) is 9.58. The van der Waals surface area contributed by atoms with Gasteiger partial charge in [-0.2, -0.15) is 0 Å². The number of nitrogens with two attached hydrogens (primary N) is 1. The second-order valence-corrected chi connectivity index (χ2v) is 5.87. The maximum absolute atomic E-state index is 11.7. The molecule has 3 nitrogen and oxygen atoms in total. The zero-order valence-electron chi connectivity index (χ0n) is 13.2. The van der Waals surface area contributed by atoms with Crippen LogP contribution in [0.15, 0.2) is 24.3 Å². The smallest absolute Gasteiger partial charge is 0.224 e. The van der Waals surface area contributed by atoms with Gasteiger partial charge in [0.1, 0.15) is 0 Å². The van der Waals surface area contributed by atoms with E-state index in [1.54, 1.807) is 0 Å². The zero-order valence-corrected chi connectivity index (χ0v) is 14.0. The Labute approximate surface area is 135 Å². The maximum atomic E-state index is 11.7. The number of unbranched alkanes of at least 4 members (excludes halogenated alkanes) is 3. The Bertz CT molecular complexity index is 390. The Morgan fingerprint density at radius 3 is 2.33 bits per heavy atom. The van der Waals surface area contributed by atoms with Crippen molar-refractivity contribution in [2.24, 2.45) is 5.92 Å². The summed E-state index contributed by atoms with van der Waals surface area (Å²) in [6, 6.07) is 7.47. The lowest BCUT2D eigenvalue weighted by Gasteiger charge is -2.06. The molecule has 0 fully saturated rings. The van der Waals surface area contributed by atoms with E-state index in [0.29, 0.717) is 6.42 Å². The van der Waals surface area contributed by atoms with Crippen LogP contribution in [0.3, 0.4) is 0 Å². The van der Waals surface area contributed by atoms with Gasteiger partial charge in [0.2, 0.25) is 5.91 Å². The van der Waals surface area contributed by atoms with Gasteiger partial charge in [-0.05, 0) is 30.0 Å². The van der Waals surface area contributed by atoms with Crippen LogP contribution in [0.25, 0.3) is 0 Å². The number of hydrogen-bond acceptors (Lipinski definition) is 2. The Morgan fingerprint density at radius 1 is 1.10 bits per heavy atom. The van der Waals surface area contributed by atoms with Crippen molar-refractivity contribution in [3.8, 4) is 0 Å². The van der Waals surface area contributed by atoms with Gasteiger partial charge in [0.25, 0.3) is 0 Å². The molecule has 1 amide bonds. The van der Waals surface area contributed by atoms with Crippen molar-refractivity contribution in [2.75, 3.05) is 12.3 Å². The average Bonchev–Trinajstić information content (AvgIpc) is 2.40. The van der Waals surface area contributed by atoms with Crippen LogP contribution in [0.5, 0.6) is 0 Å². The van der Waals surface area contributed by atoms with Gasteiger partial charge in [-0.15, -0.1) is 12.4 Å². The molecule has 120 valence electrons. The molecule has 3 N–H and O–H groups in total. The molecule has 0 atom stereocenters. The first kappa shape index (κ1) is 19.8. The molecule has 4 heteroatoms. The molecule has 0 aliphatic heterocycles. The minimum absolute atomic E-state index is 0. The number of amides is 1. The molecule has 0 saturated carbocycles. The first-order valence-corrected chi connectivity index (χ1v) is 7.69. The largest absolute Gasteiger partial charge is 0.399 e. The fraction of sp³-hybridized carbons (Fsp3) is 0.588. The molecular formula is C17H29ClN2O. The minimum atomic E-state index is 0. The summed E-state index contributed by atoms with van der Waals surface area (Å²) in [5.41, 5.74) is 7.35. The van der Waals surface area contributed by atoms with Crippen LogP contribution in [0, 0.1) is 5.92 Å². The van der Waals surface area contributed by atoms with Crippen LogP contribution >= 0.6 is 12.4 Å². The van der Waals surface area contributed by atoms with Crippen LogP contribution in [0.1, 0.15) is 51.5 Å². The number of nitrogen functional groups attached to an aromatic ring is 1. The van der Waals surface area contributed by atoms with Crippen LogP contribution < -0.4 is 11.1 Å². The van der Waals surface area contributed by atoms with Gasteiger partial charge in [0.05, 0.1) is 6.42 Å². The SMILES string of the molecule is CC(C)CCCCCCNC(=O)Cc1ccc(N)cc1.Cl. The Hall–Kier alpha value is -1.22. The number of nitrogens with one attached hydrogen (secondary N) is 1. The molecule has 0 heterocycles. The highest BCUT2D eigenvalue weighted by atomic mass is 35.5. The van der Waals surface area contributed by atoms with Gasteiger partial charge in [-0.1, -0.05) is 51.7 Å². The summed E-state index contributed by atoms with van der Waals surface area (Å²) in [7, 11) is 0. The number of halogens is 1. The van der Waals surface area contributed by atoms with Crippen molar-refractivity contribution in [3.05, 3.63) is 29.8 Å². The minimum Gasteiger partial charge on any atom is -0.399 e. The van der Waals surface area contributed by atoms with E-state index in [0.717, 1.165) is 30.1 Å². The molecule has 1 aromatic carbocycles. The van der Waals surface area contributed by atoms with Crippen molar-refractivity contribution in [3.63, 3.8) is 0 Å². The Balaban J connectivity index is 0.00000400. The van der Waals surface area contributed by atoms with Crippen molar-refractivity contribution in [1.82, 2.24) is 5.32 Å². The highest BCUT2D eigenvalue weighted by molar-refractivity contribution is 5.85. The summed E-state index contributed by atoms with van der Waals surface area (Å²) < 4.78 is 0. The zero-order chi connectivity index (χ0) is 14.8. The van der Waals surface area contributed by atoms with Crippen molar-refractivity contribution in [1.29, 1.82) is 0 Å². The molecule has 0 aromatic heterocycles. The number of anilines is 1. The molecule has 0 radical (unpaired) electrons. The molecular weight excluding hydrogens is 284 g/mol. The fourth-order valence-corrected chi connectivity index (χ4v) is 2.14. The number of carbonyl (C=O) groups excluding carboxylic acids is 1. The molecule has 1 aromatic rings. The molecule has 0 spiro atoms. The van der Waals surface area contributed by atoms with Gasteiger partial charge in [0, 0.05) is 12.2 Å². The molecule has 0 aliphatic carbocycles. The summed E-state index contributed by atoms with van der Waals surface area (Å²) in [6.45, 7) is 5.31. The number of rotatable bonds is 9. The van der Waals surface area contributed by atoms with Crippen LogP contribution in [0.2, 0.25) is 0 Å². The van der Waals surface area contributed by atoms with E-state index in [4.69, 9.17) is 5.73 Å². The molecule has 1 rings (SSSR count). The van der Waals surface area contributed by atoms with E-state index in [9.17, 15) is 4.79 Å². The molecule has 21 heavy (non-hydrogen) atoms. The molecule has 0 saturated heterocycles. The predicted octanol–water partition coefficient (Wildman–Crippen LogP) is 3.96. The summed E-state index contributed by atoms with van der Waals surface area (Å²) in [4.78, 5) is 11.7. The van der Waals surface area contributed by atoms with E-state index >= 15 is 0 Å². The Kier molecular flexibility index (Phi) is 10.8. The summed E-state index contributed by atoms with van der Waals surface area (Å²) in [6.07, 6.45) is 6.60. The van der Waals surface area contributed by atoms with E-state index in [1.165, 1.54) is 25.7 Å². The number of benzene rings is 1. The standard InChI is InChI=1S/C17H28N2O.ClH/c1-14(2)7-5-3-4-6-12-19-17(20)13-15-8-10-16(18)11-9-15;/h8-11,14H,3-7,12-13,18H2,1-2H3,(H,19,20);1H. The van der Waals surface area contributed by atoms with Crippen LogP contribution in [0.4, 0.5) is 5.69 Å². The van der Waals surface area contributed by atoms with E-state index in [1.807, 2.05) is 24.3 Å². The normalized spacial score (nSPS) is 10.2. The second-order valence-electron chi connectivity index (χ2n) is 5.87. The van der Waals surface area contributed by atoms with Gasteiger partial charge in [-0.3, -0.25) is 4.79 Å². The van der Waals surface area contributed by atoms with E-state index in [-0.39, 0.29) is 18.3 Å².